The van der Waals surface area contributed by atoms with E-state index in [2.05, 4.69) is 114 Å². The molecule has 0 saturated carbocycles. The Hall–Kier alpha value is -6.98. The van der Waals surface area contributed by atoms with E-state index >= 15 is 0 Å². The van der Waals surface area contributed by atoms with Crippen molar-refractivity contribution >= 4 is 43.4 Å². The highest BCUT2D eigenvalue weighted by molar-refractivity contribution is 6.28. The highest BCUT2D eigenvalue weighted by Gasteiger charge is 2.19. The predicted octanol–water partition coefficient (Wildman–Crippen LogP) is 11.3. The van der Waals surface area contributed by atoms with Crippen molar-refractivity contribution in [3.63, 3.8) is 0 Å². The summed E-state index contributed by atoms with van der Waals surface area (Å²) in [4.78, 5) is 19.8. The van der Waals surface area contributed by atoms with Crippen LogP contribution in [0.2, 0.25) is 0 Å². The molecule has 10 rings (SSSR count). The van der Waals surface area contributed by atoms with Crippen molar-refractivity contribution in [1.29, 1.82) is 0 Å². The van der Waals surface area contributed by atoms with Crippen LogP contribution >= 0.6 is 0 Å². The largest absolute Gasteiger partial charge is 0.309 e. The van der Waals surface area contributed by atoms with Gasteiger partial charge in [0.05, 0.1) is 16.7 Å². The Balaban J connectivity index is 1.17. The third-order valence-electron chi connectivity index (χ3n) is 9.67. The maximum atomic E-state index is 5.06. The first-order chi connectivity index (χ1) is 25.3. The standard InChI is InChI=1S/C46H29N5/c1-3-14-32(15-4-1)39-25-22-35(29-47-39)46-49-44(33-16-5-2-6-17-33)48-45(50-46)34-18-11-19-36(28-34)51-40-26-23-30-12-7-9-20-37(30)42(40)43-38-21-10-8-13-31(38)24-27-41(43)51/h1-29H. The lowest BCUT2D eigenvalue weighted by Gasteiger charge is -2.12. The topological polar surface area (TPSA) is 56.5 Å². The third-order valence-corrected chi connectivity index (χ3v) is 9.67. The van der Waals surface area contributed by atoms with Crippen LogP contribution in [0.15, 0.2) is 176 Å². The fraction of sp³-hybridized carbons (Fsp3) is 0. The quantitative estimate of drug-likeness (QED) is 0.186. The fourth-order valence-corrected chi connectivity index (χ4v) is 7.27. The molecule has 5 nitrogen and oxygen atoms in total. The Labute approximate surface area is 294 Å². The number of hydrogen-bond donors (Lipinski definition) is 0. The number of hydrogen-bond acceptors (Lipinski definition) is 4. The van der Waals surface area contributed by atoms with E-state index in [4.69, 9.17) is 19.9 Å². The summed E-state index contributed by atoms with van der Waals surface area (Å²) in [6, 6.07) is 59.1. The molecule has 0 aliphatic carbocycles. The van der Waals surface area contributed by atoms with Crippen LogP contribution in [0.3, 0.4) is 0 Å². The zero-order valence-electron chi connectivity index (χ0n) is 27.5. The first kappa shape index (κ1) is 29.0. The maximum Gasteiger partial charge on any atom is 0.165 e. The summed E-state index contributed by atoms with van der Waals surface area (Å²) < 4.78 is 2.37. The second-order valence-electron chi connectivity index (χ2n) is 12.7. The van der Waals surface area contributed by atoms with Gasteiger partial charge in [-0.3, -0.25) is 4.98 Å². The Morgan fingerprint density at radius 3 is 1.51 bits per heavy atom. The first-order valence-corrected chi connectivity index (χ1v) is 17.1. The van der Waals surface area contributed by atoms with Crippen molar-refractivity contribution in [2.24, 2.45) is 0 Å². The summed E-state index contributed by atoms with van der Waals surface area (Å²) in [5.74, 6) is 1.79. The fourth-order valence-electron chi connectivity index (χ4n) is 7.27. The molecule has 0 saturated heterocycles. The van der Waals surface area contributed by atoms with E-state index < -0.39 is 0 Å². The second kappa shape index (κ2) is 11.9. The summed E-state index contributed by atoms with van der Waals surface area (Å²) >= 11 is 0. The van der Waals surface area contributed by atoms with Crippen LogP contribution in [-0.2, 0) is 0 Å². The molecule has 0 aliphatic rings. The molecular formula is C46H29N5. The maximum absolute atomic E-state index is 5.06. The molecule has 0 N–H and O–H groups in total. The van der Waals surface area contributed by atoms with Gasteiger partial charge in [-0.15, -0.1) is 0 Å². The van der Waals surface area contributed by atoms with Crippen LogP contribution in [0.5, 0.6) is 0 Å². The average Bonchev–Trinajstić information content (AvgIpc) is 3.57. The van der Waals surface area contributed by atoms with Gasteiger partial charge >= 0.3 is 0 Å². The van der Waals surface area contributed by atoms with E-state index in [1.807, 2.05) is 66.9 Å². The molecule has 0 atom stereocenters. The summed E-state index contributed by atoms with van der Waals surface area (Å²) in [7, 11) is 0. The molecular weight excluding hydrogens is 623 g/mol. The molecule has 238 valence electrons. The van der Waals surface area contributed by atoms with Gasteiger partial charge in [-0.25, -0.2) is 15.0 Å². The predicted molar refractivity (Wildman–Crippen MR) is 209 cm³/mol. The van der Waals surface area contributed by atoms with Gasteiger partial charge in [0, 0.05) is 44.9 Å². The van der Waals surface area contributed by atoms with E-state index in [0.29, 0.717) is 17.5 Å². The van der Waals surface area contributed by atoms with Crippen LogP contribution in [-0.4, -0.2) is 24.5 Å². The van der Waals surface area contributed by atoms with Crippen LogP contribution in [0.1, 0.15) is 0 Å². The number of benzene rings is 7. The molecule has 0 fully saturated rings. The van der Waals surface area contributed by atoms with Gasteiger partial charge in [0.1, 0.15) is 0 Å². The average molecular weight is 652 g/mol. The molecule has 0 unspecified atom stereocenters. The minimum absolute atomic E-state index is 0.575. The van der Waals surface area contributed by atoms with Crippen LogP contribution in [0.4, 0.5) is 0 Å². The minimum Gasteiger partial charge on any atom is -0.309 e. The lowest BCUT2D eigenvalue weighted by Crippen LogP contribution is -2.01. The Kier molecular flexibility index (Phi) is 6.74. The van der Waals surface area contributed by atoms with Crippen LogP contribution in [0, 0.1) is 0 Å². The summed E-state index contributed by atoms with van der Waals surface area (Å²) in [5, 5.41) is 7.45. The lowest BCUT2D eigenvalue weighted by atomic mass is 10.00. The number of nitrogens with zero attached hydrogens (tertiary/aromatic N) is 5. The first-order valence-electron chi connectivity index (χ1n) is 17.1. The van der Waals surface area contributed by atoms with Gasteiger partial charge in [-0.05, 0) is 57.9 Å². The molecule has 3 heterocycles. The molecule has 3 aromatic heterocycles. The molecule has 10 aromatic rings. The summed E-state index contributed by atoms with van der Waals surface area (Å²) in [6.45, 7) is 0. The molecule has 0 bridgehead atoms. The highest BCUT2D eigenvalue weighted by atomic mass is 15.0. The highest BCUT2D eigenvalue weighted by Crippen LogP contribution is 2.41. The number of aromatic nitrogens is 5. The van der Waals surface area contributed by atoms with Gasteiger partial charge in [0.2, 0.25) is 0 Å². The monoisotopic (exact) mass is 651 g/mol. The molecule has 0 aliphatic heterocycles. The van der Waals surface area contributed by atoms with E-state index in [0.717, 1.165) is 44.7 Å². The Morgan fingerprint density at radius 2 is 0.902 bits per heavy atom. The van der Waals surface area contributed by atoms with Crippen molar-refractivity contribution in [3.8, 4) is 51.1 Å². The number of rotatable bonds is 5. The summed E-state index contributed by atoms with van der Waals surface area (Å²) in [5.41, 5.74) is 7.96. The molecule has 5 heteroatoms. The van der Waals surface area contributed by atoms with Crippen LogP contribution < -0.4 is 0 Å². The zero-order valence-corrected chi connectivity index (χ0v) is 27.5. The zero-order chi connectivity index (χ0) is 33.7. The van der Waals surface area contributed by atoms with Gasteiger partial charge in [0.25, 0.3) is 0 Å². The number of fused-ring (bicyclic) bond motifs is 7. The van der Waals surface area contributed by atoms with Gasteiger partial charge in [-0.2, -0.15) is 0 Å². The molecule has 7 aromatic carbocycles. The van der Waals surface area contributed by atoms with Gasteiger partial charge in [-0.1, -0.05) is 133 Å². The van der Waals surface area contributed by atoms with E-state index in [9.17, 15) is 0 Å². The summed E-state index contributed by atoms with van der Waals surface area (Å²) in [6.07, 6.45) is 1.85. The minimum atomic E-state index is 0.575. The van der Waals surface area contributed by atoms with Crippen LogP contribution in [0.25, 0.3) is 94.5 Å². The van der Waals surface area contributed by atoms with Crippen molar-refractivity contribution in [1.82, 2.24) is 24.5 Å². The van der Waals surface area contributed by atoms with Crippen molar-refractivity contribution in [3.05, 3.63) is 176 Å². The van der Waals surface area contributed by atoms with Crippen molar-refractivity contribution in [2.75, 3.05) is 0 Å². The van der Waals surface area contributed by atoms with E-state index in [-0.39, 0.29) is 0 Å². The van der Waals surface area contributed by atoms with E-state index in [1.54, 1.807) is 0 Å². The smallest absolute Gasteiger partial charge is 0.165 e. The van der Waals surface area contributed by atoms with Gasteiger partial charge < -0.3 is 4.57 Å². The van der Waals surface area contributed by atoms with Crippen molar-refractivity contribution < 1.29 is 0 Å². The normalized spacial score (nSPS) is 11.5. The molecule has 0 spiro atoms. The molecule has 51 heavy (non-hydrogen) atoms. The Bertz CT molecular complexity index is 2800. The molecule has 0 amide bonds. The Morgan fingerprint density at radius 1 is 0.373 bits per heavy atom. The SMILES string of the molecule is c1ccc(-c2ccc(-c3nc(-c4ccccc4)nc(-c4cccc(-n5c6ccc7ccccc7c6c6c7ccccc7ccc65)c4)n3)cn2)cc1. The third kappa shape index (κ3) is 4.94. The lowest BCUT2D eigenvalue weighted by molar-refractivity contribution is 1.07. The van der Waals surface area contributed by atoms with Crippen molar-refractivity contribution in [2.45, 2.75) is 0 Å². The number of pyridine rings is 1. The second-order valence-corrected chi connectivity index (χ2v) is 12.7. The molecule has 0 radical (unpaired) electrons. The van der Waals surface area contributed by atoms with E-state index in [1.165, 1.54) is 32.3 Å². The van der Waals surface area contributed by atoms with Gasteiger partial charge in [0.15, 0.2) is 17.5 Å².